The van der Waals surface area contributed by atoms with Gasteiger partial charge in [0.2, 0.25) is 0 Å². The normalized spacial score (nSPS) is 17.9. The summed E-state index contributed by atoms with van der Waals surface area (Å²) in [6.07, 6.45) is 3.08. The number of nitriles is 1. The first-order valence-corrected chi connectivity index (χ1v) is 9.09. The number of ether oxygens (including phenoxy) is 1. The Kier molecular flexibility index (Phi) is 4.49. The van der Waals surface area contributed by atoms with Gasteiger partial charge in [0.15, 0.2) is 5.78 Å². The van der Waals surface area contributed by atoms with Gasteiger partial charge in [-0.2, -0.15) is 5.26 Å². The quantitative estimate of drug-likeness (QED) is 0.569. The second-order valence-electron chi connectivity index (χ2n) is 6.95. The third-order valence-electron chi connectivity index (χ3n) is 4.87. The molecule has 0 bridgehead atoms. The van der Waals surface area contributed by atoms with Crippen LogP contribution in [0.2, 0.25) is 5.02 Å². The predicted octanol–water partition coefficient (Wildman–Crippen LogP) is 3.09. The number of hydrogen-bond acceptors (Lipinski definition) is 6. The predicted molar refractivity (Wildman–Crippen MR) is 108 cm³/mol. The molecule has 0 radical (unpaired) electrons. The second kappa shape index (κ2) is 6.88. The van der Waals surface area contributed by atoms with E-state index in [0.717, 1.165) is 0 Å². The number of amides is 1. The number of carbonyl (C=O) groups is 2. The van der Waals surface area contributed by atoms with E-state index in [1.165, 1.54) is 31.5 Å². The van der Waals surface area contributed by atoms with E-state index in [-0.39, 0.29) is 28.9 Å². The fourth-order valence-corrected chi connectivity index (χ4v) is 3.66. The van der Waals surface area contributed by atoms with Crippen molar-refractivity contribution in [3.8, 4) is 6.07 Å². The van der Waals surface area contributed by atoms with Gasteiger partial charge in [-0.05, 0) is 25.1 Å². The molecule has 1 aliphatic rings. The highest BCUT2D eigenvalue weighted by molar-refractivity contribution is 6.36. The molecule has 3 heterocycles. The van der Waals surface area contributed by atoms with Crippen LogP contribution in [0.5, 0.6) is 0 Å². The largest absolute Gasteiger partial charge is 0.382 e. The number of aromatic amines is 1. The molecule has 1 aromatic carbocycles. The van der Waals surface area contributed by atoms with Crippen LogP contribution in [0.15, 0.2) is 30.6 Å². The van der Waals surface area contributed by atoms with Crippen molar-refractivity contribution < 1.29 is 14.3 Å². The number of fused-ring (bicyclic) bond motifs is 3. The minimum Gasteiger partial charge on any atom is -0.382 e. The third-order valence-corrected chi connectivity index (χ3v) is 5.18. The summed E-state index contributed by atoms with van der Waals surface area (Å²) in [5, 5.41) is 15.8. The first-order valence-electron chi connectivity index (χ1n) is 8.71. The zero-order chi connectivity index (χ0) is 20.8. The van der Waals surface area contributed by atoms with Gasteiger partial charge in [-0.25, -0.2) is 4.98 Å². The molecule has 2 aromatic heterocycles. The van der Waals surface area contributed by atoms with Crippen LogP contribution in [-0.4, -0.2) is 40.9 Å². The van der Waals surface area contributed by atoms with E-state index in [2.05, 4.69) is 20.6 Å². The first-order chi connectivity index (χ1) is 13.9. The minimum absolute atomic E-state index is 0.136. The molecule has 0 aliphatic carbocycles. The molecule has 9 heteroatoms. The van der Waals surface area contributed by atoms with Crippen LogP contribution < -0.4 is 10.6 Å². The molecule has 0 saturated carbocycles. The van der Waals surface area contributed by atoms with Gasteiger partial charge < -0.3 is 20.4 Å². The Morgan fingerprint density at radius 3 is 2.86 bits per heavy atom. The summed E-state index contributed by atoms with van der Waals surface area (Å²) in [5.41, 5.74) is 1.49. The number of halogens is 1. The lowest BCUT2D eigenvalue weighted by atomic mass is 9.96. The molecule has 1 amide bonds. The highest BCUT2D eigenvalue weighted by atomic mass is 35.5. The monoisotopic (exact) mass is 409 g/mol. The molecule has 1 aliphatic heterocycles. The Labute approximate surface area is 170 Å². The number of nitrogens with one attached hydrogen (secondary N) is 3. The maximum Gasteiger partial charge on any atom is 0.252 e. The molecule has 1 atom stereocenters. The molecule has 0 saturated heterocycles. The van der Waals surface area contributed by atoms with Crippen molar-refractivity contribution in [2.75, 3.05) is 24.4 Å². The molecule has 0 fully saturated rings. The number of rotatable bonds is 4. The van der Waals surface area contributed by atoms with E-state index in [0.29, 0.717) is 33.5 Å². The smallest absolute Gasteiger partial charge is 0.252 e. The number of H-pyrrole nitrogens is 1. The molecular formula is C20H16ClN5O3. The zero-order valence-corrected chi connectivity index (χ0v) is 16.3. The van der Waals surface area contributed by atoms with Crippen LogP contribution in [0.4, 0.5) is 11.4 Å². The lowest BCUT2D eigenvalue weighted by Gasteiger charge is -2.35. The summed E-state index contributed by atoms with van der Waals surface area (Å²) < 4.78 is 5.19. The van der Waals surface area contributed by atoms with E-state index in [4.69, 9.17) is 21.6 Å². The van der Waals surface area contributed by atoms with Gasteiger partial charge in [-0.3, -0.25) is 9.59 Å². The number of aromatic nitrogens is 2. The molecular weight excluding hydrogens is 394 g/mol. The van der Waals surface area contributed by atoms with Crippen molar-refractivity contribution in [2.45, 2.75) is 12.5 Å². The maximum atomic E-state index is 13.2. The Morgan fingerprint density at radius 1 is 1.38 bits per heavy atom. The lowest BCUT2D eigenvalue weighted by molar-refractivity contribution is -0.121. The van der Waals surface area contributed by atoms with Gasteiger partial charge >= 0.3 is 0 Å². The summed E-state index contributed by atoms with van der Waals surface area (Å²) in [7, 11) is 1.51. The fourth-order valence-electron chi connectivity index (χ4n) is 3.40. The first kappa shape index (κ1) is 18.9. The van der Waals surface area contributed by atoms with E-state index in [1.807, 2.05) is 6.07 Å². The van der Waals surface area contributed by atoms with Crippen LogP contribution in [0.1, 0.15) is 28.4 Å². The standard InChI is InChI=1S/C20H16ClN5O3/c1-20(9-29-2)19(28)25-14-8-24-18-15(16(14)26-20)12(7-23-18)17(27)11-4-3-10(6-22)5-13(11)21/h3-5,7-8,26H,9H2,1-2H3,(H,23,24)(H,25,28)/t20-/m0/s1. The summed E-state index contributed by atoms with van der Waals surface area (Å²) in [6.45, 7) is 1.85. The van der Waals surface area contributed by atoms with Crippen molar-refractivity contribution in [3.05, 3.63) is 52.3 Å². The third kappa shape index (κ3) is 3.01. The highest BCUT2D eigenvalue weighted by Gasteiger charge is 2.39. The van der Waals surface area contributed by atoms with Crippen molar-refractivity contribution in [3.63, 3.8) is 0 Å². The molecule has 4 rings (SSSR count). The van der Waals surface area contributed by atoms with Crippen LogP contribution in [0, 0.1) is 11.3 Å². The van der Waals surface area contributed by atoms with E-state index >= 15 is 0 Å². The zero-order valence-electron chi connectivity index (χ0n) is 15.6. The molecule has 0 unspecified atom stereocenters. The lowest BCUT2D eigenvalue weighted by Crippen LogP contribution is -2.53. The maximum absolute atomic E-state index is 13.2. The van der Waals surface area contributed by atoms with Crippen molar-refractivity contribution in [2.24, 2.45) is 0 Å². The van der Waals surface area contributed by atoms with Gasteiger partial charge in [-0.1, -0.05) is 11.6 Å². The molecule has 8 nitrogen and oxygen atoms in total. The Hall–Kier alpha value is -3.41. The van der Waals surface area contributed by atoms with Crippen molar-refractivity contribution in [1.82, 2.24) is 9.97 Å². The average Bonchev–Trinajstić information content (AvgIpc) is 3.13. The van der Waals surface area contributed by atoms with Gasteiger partial charge in [0, 0.05) is 18.9 Å². The van der Waals surface area contributed by atoms with E-state index in [1.54, 1.807) is 13.1 Å². The van der Waals surface area contributed by atoms with E-state index in [9.17, 15) is 9.59 Å². The van der Waals surface area contributed by atoms with Gasteiger partial charge in [0.05, 0.1) is 51.8 Å². The Morgan fingerprint density at radius 2 is 2.17 bits per heavy atom. The van der Waals surface area contributed by atoms with Crippen LogP contribution in [0.25, 0.3) is 11.0 Å². The molecule has 146 valence electrons. The molecule has 3 aromatic rings. The second-order valence-corrected chi connectivity index (χ2v) is 7.36. The van der Waals surface area contributed by atoms with Gasteiger partial charge in [0.25, 0.3) is 5.91 Å². The topological polar surface area (TPSA) is 120 Å². The summed E-state index contributed by atoms with van der Waals surface area (Å²) in [4.78, 5) is 33.0. The number of anilines is 2. The summed E-state index contributed by atoms with van der Waals surface area (Å²) >= 11 is 6.23. The number of ketones is 1. The van der Waals surface area contributed by atoms with Crippen LogP contribution in [-0.2, 0) is 9.53 Å². The highest BCUT2D eigenvalue weighted by Crippen LogP contribution is 2.39. The number of carbonyl (C=O) groups excluding carboxylic acids is 2. The van der Waals surface area contributed by atoms with Gasteiger partial charge in [0.1, 0.15) is 11.2 Å². The molecule has 0 spiro atoms. The molecule has 3 N–H and O–H groups in total. The molecule has 29 heavy (non-hydrogen) atoms. The van der Waals surface area contributed by atoms with Crippen molar-refractivity contribution >= 4 is 45.7 Å². The summed E-state index contributed by atoms with van der Waals surface area (Å²) in [6, 6.07) is 6.50. The Bertz CT molecular complexity index is 1210. The van der Waals surface area contributed by atoms with E-state index < -0.39 is 5.54 Å². The Balaban J connectivity index is 1.86. The number of hydrogen-bond donors (Lipinski definition) is 3. The van der Waals surface area contributed by atoms with Crippen LogP contribution in [0.3, 0.4) is 0 Å². The SMILES string of the molecule is COC[C@]1(C)Nc2c(cnc3[nH]cc(C(=O)c4ccc(C#N)cc4Cl)c23)NC1=O. The summed E-state index contributed by atoms with van der Waals surface area (Å²) in [5.74, 6) is -0.584. The number of benzene rings is 1. The van der Waals surface area contributed by atoms with Crippen molar-refractivity contribution in [1.29, 1.82) is 5.26 Å². The fraction of sp³-hybridized carbons (Fsp3) is 0.200. The number of methoxy groups -OCH3 is 1. The van der Waals surface area contributed by atoms with Crippen LogP contribution >= 0.6 is 11.6 Å². The number of nitrogens with zero attached hydrogens (tertiary/aromatic N) is 2. The van der Waals surface area contributed by atoms with Gasteiger partial charge in [-0.15, -0.1) is 0 Å². The number of pyridine rings is 1. The average molecular weight is 410 g/mol. The minimum atomic E-state index is -1.01.